The van der Waals surface area contributed by atoms with Gasteiger partial charge in [-0.05, 0) is 31.4 Å². The number of sulfonamides is 1. The molecular weight excluding hydrogens is 260 g/mol. The van der Waals surface area contributed by atoms with E-state index < -0.39 is 10.0 Å². The Labute approximate surface area is 116 Å². The highest BCUT2D eigenvalue weighted by Crippen LogP contribution is 2.28. The molecular formula is C14H24N2O2S. The van der Waals surface area contributed by atoms with Crippen molar-refractivity contribution in [2.24, 2.45) is 0 Å². The Morgan fingerprint density at radius 3 is 2.26 bits per heavy atom. The summed E-state index contributed by atoms with van der Waals surface area (Å²) in [5, 5.41) is 0. The summed E-state index contributed by atoms with van der Waals surface area (Å²) in [6.45, 7) is 8.53. The first-order chi connectivity index (χ1) is 8.86. The minimum Gasteiger partial charge on any atom is -0.397 e. The molecule has 0 amide bonds. The van der Waals surface area contributed by atoms with Crippen LogP contribution in [0, 0.1) is 13.8 Å². The molecule has 0 spiro atoms. The van der Waals surface area contributed by atoms with Crippen molar-refractivity contribution in [3.8, 4) is 0 Å². The fourth-order valence-electron chi connectivity index (χ4n) is 2.06. The van der Waals surface area contributed by atoms with Crippen LogP contribution < -0.4 is 5.73 Å². The summed E-state index contributed by atoms with van der Waals surface area (Å²) in [7, 11) is -3.50. The number of hydrogen-bond acceptors (Lipinski definition) is 3. The van der Waals surface area contributed by atoms with Crippen LogP contribution in [0.15, 0.2) is 17.0 Å². The van der Waals surface area contributed by atoms with Gasteiger partial charge in [-0.3, -0.25) is 0 Å². The number of rotatable bonds is 6. The highest BCUT2D eigenvalue weighted by atomic mass is 32.2. The van der Waals surface area contributed by atoms with Gasteiger partial charge in [0.15, 0.2) is 0 Å². The molecule has 1 rings (SSSR count). The largest absolute Gasteiger partial charge is 0.397 e. The first kappa shape index (κ1) is 16.0. The maximum Gasteiger partial charge on any atom is 0.245 e. The first-order valence-electron chi connectivity index (χ1n) is 6.72. The molecule has 0 atom stereocenters. The predicted molar refractivity (Wildman–Crippen MR) is 79.7 cm³/mol. The van der Waals surface area contributed by atoms with E-state index in [1.54, 1.807) is 6.92 Å². The Hall–Kier alpha value is -1.07. The lowest BCUT2D eigenvalue weighted by atomic mass is 10.1. The second-order valence-electron chi connectivity index (χ2n) is 4.79. The van der Waals surface area contributed by atoms with Crippen molar-refractivity contribution in [3.63, 3.8) is 0 Å². The van der Waals surface area contributed by atoms with E-state index in [0.29, 0.717) is 24.3 Å². The summed E-state index contributed by atoms with van der Waals surface area (Å²) >= 11 is 0. The van der Waals surface area contributed by atoms with Crippen LogP contribution in [0.1, 0.15) is 37.8 Å². The zero-order chi connectivity index (χ0) is 14.6. The zero-order valence-electron chi connectivity index (χ0n) is 12.2. The van der Waals surface area contributed by atoms with Crippen molar-refractivity contribution in [3.05, 3.63) is 23.3 Å². The Kier molecular flexibility index (Phi) is 5.38. The Balaban J connectivity index is 3.30. The SMILES string of the molecule is CCCCN(CC)S(=O)(=O)c1c(C)ccc(C)c1N. The standard InChI is InChI=1S/C14H24N2O2S/c1-5-7-10-16(6-2)19(17,18)14-12(4)9-8-11(3)13(14)15/h8-9H,5-7,10,15H2,1-4H3. The summed E-state index contributed by atoms with van der Waals surface area (Å²) in [6.07, 6.45) is 1.83. The third-order valence-electron chi connectivity index (χ3n) is 3.32. The van der Waals surface area contributed by atoms with E-state index >= 15 is 0 Å². The molecule has 0 saturated carbocycles. The van der Waals surface area contributed by atoms with Crippen molar-refractivity contribution >= 4 is 15.7 Å². The van der Waals surface area contributed by atoms with E-state index in [2.05, 4.69) is 0 Å². The number of unbranched alkanes of at least 4 members (excludes halogenated alkanes) is 1. The number of nitrogen functional groups attached to an aromatic ring is 1. The summed E-state index contributed by atoms with van der Waals surface area (Å²) < 4.78 is 26.9. The van der Waals surface area contributed by atoms with Crippen LogP contribution in [0.2, 0.25) is 0 Å². The minimum atomic E-state index is -3.50. The third kappa shape index (κ3) is 3.28. The van der Waals surface area contributed by atoms with E-state index in [1.807, 2.05) is 32.9 Å². The van der Waals surface area contributed by atoms with Gasteiger partial charge in [0.1, 0.15) is 4.90 Å². The van der Waals surface area contributed by atoms with Crippen LogP contribution >= 0.6 is 0 Å². The first-order valence-corrected chi connectivity index (χ1v) is 8.16. The molecule has 1 aromatic carbocycles. The van der Waals surface area contributed by atoms with Crippen molar-refractivity contribution in [1.29, 1.82) is 0 Å². The average molecular weight is 284 g/mol. The maximum absolute atomic E-state index is 12.7. The minimum absolute atomic E-state index is 0.269. The lowest BCUT2D eigenvalue weighted by Gasteiger charge is -2.23. The van der Waals surface area contributed by atoms with E-state index in [-0.39, 0.29) is 4.90 Å². The number of nitrogens with two attached hydrogens (primary N) is 1. The van der Waals surface area contributed by atoms with E-state index in [0.717, 1.165) is 18.4 Å². The molecule has 0 radical (unpaired) electrons. The van der Waals surface area contributed by atoms with Crippen LogP contribution in [0.3, 0.4) is 0 Å². The van der Waals surface area contributed by atoms with Gasteiger partial charge in [0.2, 0.25) is 10.0 Å². The van der Waals surface area contributed by atoms with E-state index in [4.69, 9.17) is 5.73 Å². The van der Waals surface area contributed by atoms with Gasteiger partial charge in [-0.2, -0.15) is 4.31 Å². The molecule has 0 aliphatic rings. The normalized spacial score (nSPS) is 12.1. The molecule has 4 nitrogen and oxygen atoms in total. The van der Waals surface area contributed by atoms with Crippen LogP contribution in [0.4, 0.5) is 5.69 Å². The van der Waals surface area contributed by atoms with Crippen LogP contribution in [0.25, 0.3) is 0 Å². The van der Waals surface area contributed by atoms with Gasteiger partial charge in [-0.1, -0.05) is 32.4 Å². The number of aryl methyl sites for hydroxylation is 2. The fourth-order valence-corrected chi connectivity index (χ4v) is 3.94. The molecule has 0 heterocycles. The zero-order valence-corrected chi connectivity index (χ0v) is 13.0. The highest BCUT2D eigenvalue weighted by molar-refractivity contribution is 7.89. The molecule has 108 valence electrons. The molecule has 0 bridgehead atoms. The number of anilines is 1. The van der Waals surface area contributed by atoms with Gasteiger partial charge in [-0.25, -0.2) is 8.42 Å². The fraction of sp³-hybridized carbons (Fsp3) is 0.571. The maximum atomic E-state index is 12.7. The van der Waals surface area contributed by atoms with Crippen LogP contribution in [-0.2, 0) is 10.0 Å². The van der Waals surface area contributed by atoms with Gasteiger partial charge in [-0.15, -0.1) is 0 Å². The summed E-state index contributed by atoms with van der Waals surface area (Å²) in [6, 6.07) is 3.66. The highest BCUT2D eigenvalue weighted by Gasteiger charge is 2.27. The average Bonchev–Trinajstić information content (AvgIpc) is 2.34. The van der Waals surface area contributed by atoms with Gasteiger partial charge >= 0.3 is 0 Å². The van der Waals surface area contributed by atoms with Crippen LogP contribution in [-0.4, -0.2) is 25.8 Å². The second-order valence-corrected chi connectivity index (χ2v) is 6.67. The van der Waals surface area contributed by atoms with Crippen molar-refractivity contribution in [2.75, 3.05) is 18.8 Å². The predicted octanol–water partition coefficient (Wildman–Crippen LogP) is 2.70. The Morgan fingerprint density at radius 1 is 1.16 bits per heavy atom. The molecule has 0 saturated heterocycles. The lowest BCUT2D eigenvalue weighted by molar-refractivity contribution is 0.419. The monoisotopic (exact) mass is 284 g/mol. The van der Waals surface area contributed by atoms with Gasteiger partial charge in [0, 0.05) is 13.1 Å². The number of benzene rings is 1. The number of nitrogens with zero attached hydrogens (tertiary/aromatic N) is 1. The molecule has 0 fully saturated rings. The van der Waals surface area contributed by atoms with Crippen molar-refractivity contribution in [1.82, 2.24) is 4.31 Å². The molecule has 0 aromatic heterocycles. The summed E-state index contributed by atoms with van der Waals surface area (Å²) in [4.78, 5) is 0.269. The quantitative estimate of drug-likeness (QED) is 0.817. The summed E-state index contributed by atoms with van der Waals surface area (Å²) in [5.74, 6) is 0. The van der Waals surface area contributed by atoms with E-state index in [1.165, 1.54) is 4.31 Å². The van der Waals surface area contributed by atoms with Gasteiger partial charge < -0.3 is 5.73 Å². The third-order valence-corrected chi connectivity index (χ3v) is 5.50. The van der Waals surface area contributed by atoms with Crippen molar-refractivity contribution < 1.29 is 8.42 Å². The Bertz CT molecular complexity index is 539. The van der Waals surface area contributed by atoms with Gasteiger partial charge in [0.05, 0.1) is 5.69 Å². The second kappa shape index (κ2) is 6.39. The van der Waals surface area contributed by atoms with E-state index in [9.17, 15) is 8.42 Å². The molecule has 19 heavy (non-hydrogen) atoms. The van der Waals surface area contributed by atoms with Crippen molar-refractivity contribution in [2.45, 2.75) is 45.4 Å². The Morgan fingerprint density at radius 2 is 1.74 bits per heavy atom. The smallest absolute Gasteiger partial charge is 0.245 e. The topological polar surface area (TPSA) is 63.4 Å². The van der Waals surface area contributed by atoms with Gasteiger partial charge in [0.25, 0.3) is 0 Å². The molecule has 0 aliphatic heterocycles. The molecule has 2 N–H and O–H groups in total. The molecule has 0 unspecified atom stereocenters. The molecule has 1 aromatic rings. The molecule has 0 aliphatic carbocycles. The lowest BCUT2D eigenvalue weighted by Crippen LogP contribution is -2.33. The van der Waals surface area contributed by atoms with Crippen LogP contribution in [0.5, 0.6) is 0 Å². The molecule has 5 heteroatoms. The number of hydrogen-bond donors (Lipinski definition) is 1. The summed E-state index contributed by atoms with van der Waals surface area (Å²) in [5.41, 5.74) is 7.86.